The molecule has 0 saturated heterocycles. The van der Waals surface area contributed by atoms with Crippen LogP contribution >= 0.6 is 0 Å². The number of hydrogen-bond acceptors (Lipinski definition) is 5. The lowest BCUT2D eigenvalue weighted by Crippen LogP contribution is -2.20. The molecule has 1 aromatic carbocycles. The van der Waals surface area contributed by atoms with E-state index in [-0.39, 0.29) is 0 Å². The molecule has 0 spiro atoms. The molecule has 6 heteroatoms. The van der Waals surface area contributed by atoms with Gasteiger partial charge in [-0.05, 0) is 11.6 Å². The molecule has 26 heavy (non-hydrogen) atoms. The molecule has 3 heterocycles. The number of aromatic nitrogens is 4. The Morgan fingerprint density at radius 3 is 2.69 bits per heavy atom. The number of nitrogens with zero attached hydrogens (tertiary/aromatic N) is 6. The molecule has 0 amide bonds. The number of benzene rings is 1. The van der Waals surface area contributed by atoms with E-state index in [1.165, 1.54) is 0 Å². The van der Waals surface area contributed by atoms with E-state index in [2.05, 4.69) is 16.0 Å². The molecule has 0 fully saturated rings. The number of imidazole rings is 1. The van der Waals surface area contributed by atoms with Crippen LogP contribution in [0.1, 0.15) is 11.3 Å². The Kier molecular flexibility index (Phi) is 4.04. The van der Waals surface area contributed by atoms with E-state index in [9.17, 15) is 5.26 Å². The van der Waals surface area contributed by atoms with Crippen LogP contribution in [0.2, 0.25) is 0 Å². The quantitative estimate of drug-likeness (QED) is 0.570. The fraction of sp³-hybridized carbons (Fsp3) is 0.100. The first-order valence-electron chi connectivity index (χ1n) is 8.20. The molecule has 0 atom stereocenters. The van der Waals surface area contributed by atoms with Gasteiger partial charge in [0.25, 0.3) is 0 Å². The molecule has 0 radical (unpaired) electrons. The lowest BCUT2D eigenvalue weighted by Gasteiger charge is -2.20. The third kappa shape index (κ3) is 2.76. The van der Waals surface area contributed by atoms with Crippen LogP contribution in [-0.2, 0) is 6.54 Å². The minimum atomic E-state index is 0.474. The number of anilines is 1. The zero-order valence-corrected chi connectivity index (χ0v) is 14.2. The van der Waals surface area contributed by atoms with Gasteiger partial charge in [-0.25, -0.2) is 9.97 Å². The summed E-state index contributed by atoms with van der Waals surface area (Å²) in [5.41, 5.74) is 3.75. The lowest BCUT2D eigenvalue weighted by atomic mass is 10.1. The van der Waals surface area contributed by atoms with Gasteiger partial charge < -0.3 is 4.90 Å². The third-order valence-electron chi connectivity index (χ3n) is 4.18. The van der Waals surface area contributed by atoms with Crippen LogP contribution in [-0.4, -0.2) is 26.4 Å². The summed E-state index contributed by atoms with van der Waals surface area (Å²) in [5.74, 6) is 0.719. The average Bonchev–Trinajstić information content (AvgIpc) is 3.17. The molecule has 0 bridgehead atoms. The molecule has 6 nitrogen and oxygen atoms in total. The van der Waals surface area contributed by atoms with Crippen molar-refractivity contribution in [3.05, 3.63) is 78.5 Å². The van der Waals surface area contributed by atoms with Gasteiger partial charge in [0.05, 0.1) is 0 Å². The maximum absolute atomic E-state index is 9.70. The van der Waals surface area contributed by atoms with E-state index in [1.807, 2.05) is 60.6 Å². The summed E-state index contributed by atoms with van der Waals surface area (Å²) in [6.45, 7) is 0.642. The van der Waals surface area contributed by atoms with Crippen LogP contribution in [0.3, 0.4) is 0 Å². The van der Waals surface area contributed by atoms with Crippen molar-refractivity contribution in [3.63, 3.8) is 0 Å². The maximum atomic E-state index is 9.70. The Morgan fingerprint density at radius 1 is 1.12 bits per heavy atom. The number of hydrogen-bond donors (Lipinski definition) is 0. The van der Waals surface area contributed by atoms with Gasteiger partial charge >= 0.3 is 0 Å². The average molecular weight is 340 g/mol. The Hall–Kier alpha value is -3.72. The summed E-state index contributed by atoms with van der Waals surface area (Å²) < 4.78 is 1.80. The van der Waals surface area contributed by atoms with Crippen molar-refractivity contribution in [2.45, 2.75) is 6.54 Å². The maximum Gasteiger partial charge on any atom is 0.181 e. The minimum Gasteiger partial charge on any atom is -0.352 e. The number of nitriles is 1. The molecule has 0 aliphatic carbocycles. The van der Waals surface area contributed by atoms with Gasteiger partial charge in [-0.1, -0.05) is 36.4 Å². The van der Waals surface area contributed by atoms with Crippen LogP contribution in [0, 0.1) is 11.3 Å². The van der Waals surface area contributed by atoms with Gasteiger partial charge in [-0.3, -0.25) is 9.38 Å². The van der Waals surface area contributed by atoms with Gasteiger partial charge in [0.1, 0.15) is 11.8 Å². The van der Waals surface area contributed by atoms with E-state index < -0.39 is 0 Å². The van der Waals surface area contributed by atoms with E-state index in [0.29, 0.717) is 23.6 Å². The van der Waals surface area contributed by atoms with Crippen LogP contribution in [0.15, 0.2) is 67.3 Å². The molecular weight excluding hydrogens is 324 g/mol. The SMILES string of the molecule is CN(Cc1cccnc1)c1nc(-c2ccccc2)c(C#N)n2ccnc12. The van der Waals surface area contributed by atoms with E-state index in [1.54, 1.807) is 23.0 Å². The second kappa shape index (κ2) is 6.65. The van der Waals surface area contributed by atoms with E-state index >= 15 is 0 Å². The number of rotatable bonds is 4. The van der Waals surface area contributed by atoms with Gasteiger partial charge in [0.2, 0.25) is 0 Å². The molecular formula is C20H16N6. The first kappa shape index (κ1) is 15.8. The Labute approximate surface area is 151 Å². The smallest absolute Gasteiger partial charge is 0.181 e. The highest BCUT2D eigenvalue weighted by Gasteiger charge is 2.18. The minimum absolute atomic E-state index is 0.474. The molecule has 0 saturated carbocycles. The van der Waals surface area contributed by atoms with Crippen LogP contribution in [0.4, 0.5) is 5.82 Å². The van der Waals surface area contributed by atoms with Crippen LogP contribution < -0.4 is 4.90 Å². The summed E-state index contributed by atoms with van der Waals surface area (Å²) in [6, 6.07) is 15.9. The van der Waals surface area contributed by atoms with Gasteiger partial charge in [-0.2, -0.15) is 5.26 Å². The van der Waals surface area contributed by atoms with Crippen molar-refractivity contribution in [2.75, 3.05) is 11.9 Å². The fourth-order valence-corrected chi connectivity index (χ4v) is 2.97. The Bertz CT molecular complexity index is 1080. The van der Waals surface area contributed by atoms with E-state index in [4.69, 9.17) is 4.98 Å². The zero-order valence-electron chi connectivity index (χ0n) is 14.2. The largest absolute Gasteiger partial charge is 0.352 e. The summed E-state index contributed by atoms with van der Waals surface area (Å²) in [5, 5.41) is 9.70. The summed E-state index contributed by atoms with van der Waals surface area (Å²) in [4.78, 5) is 15.4. The van der Waals surface area contributed by atoms with Gasteiger partial charge in [0, 0.05) is 43.9 Å². The van der Waals surface area contributed by atoms with Gasteiger partial charge in [-0.15, -0.1) is 0 Å². The van der Waals surface area contributed by atoms with Crippen molar-refractivity contribution in [3.8, 4) is 17.3 Å². The Morgan fingerprint density at radius 2 is 1.96 bits per heavy atom. The molecule has 3 aromatic heterocycles. The van der Waals surface area contributed by atoms with Crippen LogP contribution in [0.5, 0.6) is 0 Å². The first-order valence-corrected chi connectivity index (χ1v) is 8.20. The molecule has 0 aliphatic rings. The molecule has 4 aromatic rings. The molecule has 0 aliphatic heterocycles. The predicted octanol–water partition coefficient (Wildman–Crippen LogP) is 3.30. The molecule has 4 rings (SSSR count). The fourth-order valence-electron chi connectivity index (χ4n) is 2.97. The highest BCUT2D eigenvalue weighted by Crippen LogP contribution is 2.28. The standard InChI is InChI=1S/C20H16N6/c1-25(14-15-6-5-9-22-13-15)20-19-23-10-11-26(19)17(12-21)18(24-20)16-7-3-2-4-8-16/h2-11,13H,14H2,1H3. The van der Waals surface area contributed by atoms with Gasteiger partial charge in [0.15, 0.2) is 17.2 Å². The van der Waals surface area contributed by atoms with Crippen molar-refractivity contribution < 1.29 is 0 Å². The summed E-state index contributed by atoms with van der Waals surface area (Å²) in [6.07, 6.45) is 7.07. The highest BCUT2D eigenvalue weighted by molar-refractivity contribution is 5.74. The van der Waals surface area contributed by atoms with E-state index in [0.717, 1.165) is 16.9 Å². The number of pyridine rings is 1. The predicted molar refractivity (Wildman–Crippen MR) is 99.5 cm³/mol. The van der Waals surface area contributed by atoms with Crippen molar-refractivity contribution in [1.82, 2.24) is 19.4 Å². The Balaban J connectivity index is 1.87. The summed E-state index contributed by atoms with van der Waals surface area (Å²) in [7, 11) is 1.96. The van der Waals surface area contributed by atoms with Crippen molar-refractivity contribution >= 4 is 11.5 Å². The summed E-state index contributed by atoms with van der Waals surface area (Å²) >= 11 is 0. The van der Waals surface area contributed by atoms with Crippen LogP contribution in [0.25, 0.3) is 16.9 Å². The normalized spacial score (nSPS) is 10.6. The molecule has 126 valence electrons. The third-order valence-corrected chi connectivity index (χ3v) is 4.18. The number of fused-ring (bicyclic) bond motifs is 1. The lowest BCUT2D eigenvalue weighted by molar-refractivity contribution is 0.886. The molecule has 0 unspecified atom stereocenters. The zero-order chi connectivity index (χ0) is 17.9. The van der Waals surface area contributed by atoms with Crippen molar-refractivity contribution in [1.29, 1.82) is 5.26 Å². The highest BCUT2D eigenvalue weighted by atomic mass is 15.2. The first-order chi connectivity index (χ1) is 12.8. The second-order valence-corrected chi connectivity index (χ2v) is 5.95. The molecule has 0 N–H and O–H groups in total. The van der Waals surface area contributed by atoms with Crippen molar-refractivity contribution in [2.24, 2.45) is 0 Å². The second-order valence-electron chi connectivity index (χ2n) is 5.95. The topological polar surface area (TPSA) is 70.1 Å². The monoisotopic (exact) mass is 340 g/mol.